The Morgan fingerprint density at radius 1 is 1.12 bits per heavy atom. The molecule has 5 aliphatic carbocycles. The van der Waals surface area contributed by atoms with Gasteiger partial charge in [-0.15, -0.1) is 11.3 Å². The van der Waals surface area contributed by atoms with Crippen LogP contribution in [-0.4, -0.2) is 67.8 Å². The average molecular weight is 588 g/mol. The Bertz CT molecular complexity index is 1500. The van der Waals surface area contributed by atoms with Crippen molar-refractivity contribution in [3.63, 3.8) is 0 Å². The van der Waals surface area contributed by atoms with E-state index in [9.17, 15) is 5.11 Å². The molecule has 222 valence electrons. The van der Waals surface area contributed by atoms with Gasteiger partial charge >= 0.3 is 0 Å². The minimum atomic E-state index is -0.396. The van der Waals surface area contributed by atoms with Crippen molar-refractivity contribution in [3.8, 4) is 11.5 Å². The molecule has 0 unspecified atom stereocenters. The Morgan fingerprint density at radius 3 is 2.86 bits per heavy atom. The number of benzene rings is 2. The molecule has 6 nitrogen and oxygen atoms in total. The first-order valence-electron chi connectivity index (χ1n) is 16.0. The van der Waals surface area contributed by atoms with Crippen LogP contribution in [-0.2, 0) is 27.9 Å². The number of ether oxygens (including phenoxy) is 4. The van der Waals surface area contributed by atoms with Crippen LogP contribution in [0.15, 0.2) is 42.5 Å². The number of rotatable bonds is 10. The van der Waals surface area contributed by atoms with E-state index in [1.165, 1.54) is 51.9 Å². The van der Waals surface area contributed by atoms with E-state index < -0.39 is 5.60 Å². The molecular formula is C35H41NO5S. The Morgan fingerprint density at radius 2 is 2.02 bits per heavy atom. The molecular weight excluding hydrogens is 546 g/mol. The van der Waals surface area contributed by atoms with Crippen LogP contribution in [0.2, 0.25) is 0 Å². The lowest BCUT2D eigenvalue weighted by atomic mass is 9.35. The van der Waals surface area contributed by atoms with Gasteiger partial charge in [0.1, 0.15) is 18.3 Å². The molecule has 1 aromatic heterocycles. The van der Waals surface area contributed by atoms with Gasteiger partial charge in [0, 0.05) is 51.6 Å². The van der Waals surface area contributed by atoms with Gasteiger partial charge < -0.3 is 24.1 Å². The SMILES string of the molecule is CO[C@]12CC[C@@]3(C[C@@H]1COCc1cc4ccccc4s1)[C@H]1Cc4ccc(OCCO)c5c4[C@@]3(CCN1CC1CC1)[C@H]2O5. The van der Waals surface area contributed by atoms with E-state index in [0.29, 0.717) is 19.3 Å². The number of hydrogen-bond acceptors (Lipinski definition) is 7. The number of likely N-dealkylation sites (tertiary alicyclic amines) is 1. The molecule has 5 fully saturated rings. The van der Waals surface area contributed by atoms with Gasteiger partial charge in [-0.1, -0.05) is 24.3 Å². The van der Waals surface area contributed by atoms with Crippen molar-refractivity contribution in [2.45, 2.75) is 74.7 Å². The number of methoxy groups -OCH3 is 1. The second kappa shape index (κ2) is 9.42. The molecule has 4 saturated carbocycles. The van der Waals surface area contributed by atoms with Crippen LogP contribution in [0.25, 0.3) is 10.1 Å². The van der Waals surface area contributed by atoms with E-state index in [1.54, 1.807) is 0 Å². The van der Waals surface area contributed by atoms with E-state index in [0.717, 1.165) is 49.6 Å². The first-order valence-corrected chi connectivity index (χ1v) is 16.8. The highest BCUT2D eigenvalue weighted by atomic mass is 32.1. The van der Waals surface area contributed by atoms with Gasteiger partial charge in [0.25, 0.3) is 0 Å². The maximum Gasteiger partial charge on any atom is 0.165 e. The van der Waals surface area contributed by atoms with Gasteiger partial charge in [-0.2, -0.15) is 0 Å². The van der Waals surface area contributed by atoms with Crippen molar-refractivity contribution in [2.24, 2.45) is 17.3 Å². The lowest BCUT2D eigenvalue weighted by molar-refractivity contribution is -0.283. The molecule has 0 radical (unpaired) electrons. The fraction of sp³-hybridized carbons (Fsp3) is 0.600. The molecule has 7 aliphatic rings. The molecule has 4 bridgehead atoms. The van der Waals surface area contributed by atoms with Crippen LogP contribution in [0.4, 0.5) is 0 Å². The summed E-state index contributed by atoms with van der Waals surface area (Å²) in [5, 5.41) is 10.8. The van der Waals surface area contributed by atoms with Crippen molar-refractivity contribution >= 4 is 21.4 Å². The maximum atomic E-state index is 9.55. The summed E-state index contributed by atoms with van der Waals surface area (Å²) in [5.41, 5.74) is 2.54. The Balaban J connectivity index is 1.10. The number of piperidine rings is 1. The molecule has 2 spiro atoms. The number of hydrogen-bond donors (Lipinski definition) is 1. The predicted molar refractivity (Wildman–Crippen MR) is 163 cm³/mol. The molecule has 2 aromatic carbocycles. The molecule has 7 heteroatoms. The largest absolute Gasteiger partial charge is 0.487 e. The Labute approximate surface area is 251 Å². The Hall–Kier alpha value is -2.16. The van der Waals surface area contributed by atoms with E-state index in [1.807, 2.05) is 18.4 Å². The normalized spacial score (nSPS) is 35.8. The first-order chi connectivity index (χ1) is 20.6. The van der Waals surface area contributed by atoms with Crippen molar-refractivity contribution in [2.75, 3.05) is 40.0 Å². The number of nitrogens with zero attached hydrogens (tertiary/aromatic N) is 1. The summed E-state index contributed by atoms with van der Waals surface area (Å²) in [5.74, 6) is 2.86. The summed E-state index contributed by atoms with van der Waals surface area (Å²) in [6.07, 6.45) is 8.25. The van der Waals surface area contributed by atoms with Gasteiger partial charge in [0.05, 0.1) is 19.8 Å². The van der Waals surface area contributed by atoms with Crippen molar-refractivity contribution in [1.82, 2.24) is 4.90 Å². The van der Waals surface area contributed by atoms with Gasteiger partial charge in [-0.05, 0) is 86.6 Å². The van der Waals surface area contributed by atoms with Gasteiger partial charge in [0.2, 0.25) is 0 Å². The van der Waals surface area contributed by atoms with Gasteiger partial charge in [-0.3, -0.25) is 4.90 Å². The zero-order valence-corrected chi connectivity index (χ0v) is 25.3. The second-order valence-corrected chi connectivity index (χ2v) is 15.0. The quantitative estimate of drug-likeness (QED) is 0.328. The second-order valence-electron chi connectivity index (χ2n) is 13.9. The van der Waals surface area contributed by atoms with E-state index in [4.69, 9.17) is 18.9 Å². The van der Waals surface area contributed by atoms with Crippen LogP contribution in [0, 0.1) is 17.3 Å². The summed E-state index contributed by atoms with van der Waals surface area (Å²) in [7, 11) is 1.91. The summed E-state index contributed by atoms with van der Waals surface area (Å²) in [6, 6.07) is 15.8. The van der Waals surface area contributed by atoms with Crippen LogP contribution in [0.5, 0.6) is 11.5 Å². The molecule has 1 saturated heterocycles. The molecule has 3 heterocycles. The van der Waals surface area contributed by atoms with Crippen LogP contribution < -0.4 is 9.47 Å². The molecule has 6 atom stereocenters. The average Bonchev–Trinajstić information content (AvgIpc) is 3.61. The Kier molecular flexibility index (Phi) is 5.89. The van der Waals surface area contributed by atoms with Crippen LogP contribution in [0.3, 0.4) is 0 Å². The molecule has 3 aromatic rings. The topological polar surface area (TPSA) is 60.4 Å². The van der Waals surface area contributed by atoms with Gasteiger partial charge in [0.15, 0.2) is 11.5 Å². The zero-order valence-electron chi connectivity index (χ0n) is 24.5. The standard InChI is InChI=1S/C35H41NO5S/c1-38-35-11-10-33(18-25(35)20-39-21-26-16-23-4-2-3-5-28(23)42-26)29-17-24-8-9-27(40-15-14-37)31-30(24)34(33,32(35)41-31)12-13-36(29)19-22-6-7-22/h2-5,8-9,16,22,25,29,32,37H,6-7,10-15,17-21H2,1H3/t25-,29-,32-,33-,34+,35-/m1/s1. The smallest absolute Gasteiger partial charge is 0.165 e. The first kappa shape index (κ1) is 26.3. The number of aliphatic hydroxyl groups is 1. The molecule has 1 N–H and O–H groups in total. The summed E-state index contributed by atoms with van der Waals surface area (Å²) < 4.78 is 27.9. The highest BCUT2D eigenvalue weighted by Crippen LogP contribution is 2.76. The molecule has 42 heavy (non-hydrogen) atoms. The monoisotopic (exact) mass is 587 g/mol. The van der Waals surface area contributed by atoms with E-state index >= 15 is 0 Å². The third-order valence-corrected chi connectivity index (χ3v) is 13.3. The minimum absolute atomic E-state index is 0.00550. The van der Waals surface area contributed by atoms with Crippen LogP contribution >= 0.6 is 11.3 Å². The highest BCUT2D eigenvalue weighted by Gasteiger charge is 2.80. The lowest BCUT2D eigenvalue weighted by Gasteiger charge is -2.74. The van der Waals surface area contributed by atoms with Gasteiger partial charge in [-0.25, -0.2) is 0 Å². The number of thiophene rings is 1. The number of fused-ring (bicyclic) bond motifs is 3. The summed E-state index contributed by atoms with van der Waals surface area (Å²) >= 11 is 1.84. The summed E-state index contributed by atoms with van der Waals surface area (Å²) in [4.78, 5) is 4.17. The maximum absolute atomic E-state index is 9.55. The van der Waals surface area contributed by atoms with E-state index in [-0.39, 0.29) is 36.1 Å². The molecule has 2 aliphatic heterocycles. The molecule has 0 amide bonds. The van der Waals surface area contributed by atoms with E-state index in [2.05, 4.69) is 47.4 Å². The fourth-order valence-electron chi connectivity index (χ4n) is 10.4. The predicted octanol–water partition coefficient (Wildman–Crippen LogP) is 5.71. The third-order valence-electron chi connectivity index (χ3n) is 12.2. The highest BCUT2D eigenvalue weighted by molar-refractivity contribution is 7.19. The van der Waals surface area contributed by atoms with Crippen LogP contribution in [0.1, 0.15) is 54.5 Å². The molecule has 10 rings (SSSR count). The fourth-order valence-corrected chi connectivity index (χ4v) is 11.4. The lowest BCUT2D eigenvalue weighted by Crippen LogP contribution is -2.81. The summed E-state index contributed by atoms with van der Waals surface area (Å²) in [6.45, 7) is 3.98. The zero-order chi connectivity index (χ0) is 28.1. The minimum Gasteiger partial charge on any atom is -0.487 e. The third kappa shape index (κ3) is 3.40. The van der Waals surface area contributed by atoms with Crippen molar-refractivity contribution in [1.29, 1.82) is 0 Å². The van der Waals surface area contributed by atoms with Crippen molar-refractivity contribution in [3.05, 3.63) is 58.5 Å². The van der Waals surface area contributed by atoms with Crippen molar-refractivity contribution < 1.29 is 24.1 Å². The number of aliphatic hydroxyl groups excluding tert-OH is 1.